The Morgan fingerprint density at radius 3 is 2.41 bits per heavy atom. The van der Waals surface area contributed by atoms with Gasteiger partial charge in [-0.05, 0) is 38.2 Å². The van der Waals surface area contributed by atoms with Gasteiger partial charge in [0.15, 0.2) is 0 Å². The molecular weight excluding hydrogens is 210 g/mol. The molecule has 2 N–H and O–H groups in total. The molecular formula is C15H21NO. The Bertz CT molecular complexity index is 392. The fraction of sp³-hybridized carbons (Fsp3) is 0.600. The summed E-state index contributed by atoms with van der Waals surface area (Å²) in [6, 6.07) is 8.37. The van der Waals surface area contributed by atoms with Gasteiger partial charge in [0.2, 0.25) is 0 Å². The zero-order valence-electron chi connectivity index (χ0n) is 10.3. The van der Waals surface area contributed by atoms with Crippen LogP contribution in [0.25, 0.3) is 0 Å². The number of ether oxygens (including phenoxy) is 1. The molecule has 0 aliphatic heterocycles. The second-order valence-electron chi connectivity index (χ2n) is 5.53. The van der Waals surface area contributed by atoms with Gasteiger partial charge in [0.1, 0.15) is 5.75 Å². The summed E-state index contributed by atoms with van der Waals surface area (Å²) in [5, 5.41) is 0. The summed E-state index contributed by atoms with van der Waals surface area (Å²) >= 11 is 0. The molecule has 3 rings (SSSR count). The van der Waals surface area contributed by atoms with Crippen molar-refractivity contribution in [1.82, 2.24) is 0 Å². The Labute approximate surface area is 103 Å². The van der Waals surface area contributed by atoms with E-state index in [1.54, 1.807) is 0 Å². The molecule has 0 spiro atoms. The lowest BCUT2D eigenvalue weighted by Gasteiger charge is -2.31. The van der Waals surface area contributed by atoms with Crippen LogP contribution >= 0.6 is 0 Å². The second kappa shape index (κ2) is 4.34. The Balaban J connectivity index is 1.86. The predicted octanol–water partition coefficient (Wildman–Crippen LogP) is 3.35. The number of benzene rings is 1. The van der Waals surface area contributed by atoms with Gasteiger partial charge in [-0.3, -0.25) is 0 Å². The summed E-state index contributed by atoms with van der Waals surface area (Å²) < 4.78 is 6.08. The first-order valence-electron chi connectivity index (χ1n) is 6.83. The minimum absolute atomic E-state index is 0.139. The van der Waals surface area contributed by atoms with E-state index in [1.807, 2.05) is 0 Å². The van der Waals surface area contributed by atoms with Gasteiger partial charge in [0.25, 0.3) is 0 Å². The van der Waals surface area contributed by atoms with Crippen molar-refractivity contribution in [3.05, 3.63) is 29.8 Å². The molecule has 0 heterocycles. The van der Waals surface area contributed by atoms with Gasteiger partial charge in [0, 0.05) is 11.1 Å². The van der Waals surface area contributed by atoms with E-state index >= 15 is 0 Å². The quantitative estimate of drug-likeness (QED) is 0.866. The van der Waals surface area contributed by atoms with E-state index in [2.05, 4.69) is 24.3 Å². The average Bonchev–Trinajstić information content (AvgIpc) is 2.72. The van der Waals surface area contributed by atoms with E-state index in [0.29, 0.717) is 6.10 Å². The lowest BCUT2D eigenvalue weighted by molar-refractivity contribution is 0.117. The zero-order chi connectivity index (χ0) is 11.7. The highest BCUT2D eigenvalue weighted by atomic mass is 16.5. The van der Waals surface area contributed by atoms with Gasteiger partial charge < -0.3 is 10.5 Å². The molecule has 0 unspecified atom stereocenters. The molecule has 2 aliphatic carbocycles. The molecule has 2 heteroatoms. The van der Waals surface area contributed by atoms with E-state index in [-0.39, 0.29) is 5.54 Å². The molecule has 0 atom stereocenters. The Kier molecular flexibility index (Phi) is 2.83. The van der Waals surface area contributed by atoms with Crippen LogP contribution < -0.4 is 10.5 Å². The molecule has 1 aromatic carbocycles. The van der Waals surface area contributed by atoms with Crippen LogP contribution in [-0.4, -0.2) is 6.10 Å². The molecule has 17 heavy (non-hydrogen) atoms. The van der Waals surface area contributed by atoms with Crippen molar-refractivity contribution in [1.29, 1.82) is 0 Å². The molecule has 2 saturated carbocycles. The van der Waals surface area contributed by atoms with E-state index < -0.39 is 0 Å². The third-order valence-corrected chi connectivity index (χ3v) is 4.27. The molecule has 0 aromatic heterocycles. The first-order chi connectivity index (χ1) is 8.28. The summed E-state index contributed by atoms with van der Waals surface area (Å²) in [4.78, 5) is 0. The summed E-state index contributed by atoms with van der Waals surface area (Å²) in [5.41, 5.74) is 7.62. The number of para-hydroxylation sites is 1. The summed E-state index contributed by atoms with van der Waals surface area (Å²) in [6.45, 7) is 0. The highest BCUT2D eigenvalue weighted by Crippen LogP contribution is 2.41. The first-order valence-corrected chi connectivity index (χ1v) is 6.83. The van der Waals surface area contributed by atoms with E-state index in [9.17, 15) is 0 Å². The average molecular weight is 231 g/mol. The van der Waals surface area contributed by atoms with Crippen LogP contribution in [0, 0.1) is 0 Å². The van der Waals surface area contributed by atoms with E-state index in [0.717, 1.165) is 18.6 Å². The molecule has 2 nitrogen and oxygen atoms in total. The first kappa shape index (κ1) is 11.1. The summed E-state index contributed by atoms with van der Waals surface area (Å²) in [6.07, 6.45) is 8.82. The molecule has 0 saturated heterocycles. The zero-order valence-corrected chi connectivity index (χ0v) is 10.3. The molecule has 1 aromatic rings. The maximum Gasteiger partial charge on any atom is 0.124 e. The monoisotopic (exact) mass is 231 g/mol. The van der Waals surface area contributed by atoms with Crippen LogP contribution in [0.1, 0.15) is 50.5 Å². The van der Waals surface area contributed by atoms with Gasteiger partial charge in [-0.25, -0.2) is 0 Å². The van der Waals surface area contributed by atoms with Gasteiger partial charge in [0.05, 0.1) is 6.10 Å². The van der Waals surface area contributed by atoms with Crippen molar-refractivity contribution in [2.24, 2.45) is 5.73 Å². The normalized spacial score (nSPS) is 23.4. The maximum atomic E-state index is 6.54. The Morgan fingerprint density at radius 1 is 1.06 bits per heavy atom. The number of rotatable bonds is 3. The largest absolute Gasteiger partial charge is 0.490 e. The van der Waals surface area contributed by atoms with Crippen molar-refractivity contribution in [2.75, 3.05) is 0 Å². The SMILES string of the molecule is NC1(c2ccccc2OC2CCC2)CCCC1. The number of hydrogen-bond acceptors (Lipinski definition) is 2. The summed E-state index contributed by atoms with van der Waals surface area (Å²) in [7, 11) is 0. The van der Waals surface area contributed by atoms with Crippen LogP contribution in [0.5, 0.6) is 5.75 Å². The molecule has 2 aliphatic rings. The van der Waals surface area contributed by atoms with Gasteiger partial charge >= 0.3 is 0 Å². The standard InChI is InChI=1S/C15H21NO/c16-15(10-3-4-11-15)13-8-1-2-9-14(13)17-12-6-5-7-12/h1-2,8-9,12H,3-7,10-11,16H2. The van der Waals surface area contributed by atoms with Crippen LogP contribution in [0.4, 0.5) is 0 Å². The van der Waals surface area contributed by atoms with Gasteiger partial charge in [-0.1, -0.05) is 31.0 Å². The van der Waals surface area contributed by atoms with Gasteiger partial charge in [-0.15, -0.1) is 0 Å². The predicted molar refractivity (Wildman–Crippen MR) is 69.0 cm³/mol. The van der Waals surface area contributed by atoms with Crippen LogP contribution in [-0.2, 0) is 5.54 Å². The maximum absolute atomic E-state index is 6.54. The minimum Gasteiger partial charge on any atom is -0.490 e. The topological polar surface area (TPSA) is 35.2 Å². The van der Waals surface area contributed by atoms with Crippen LogP contribution in [0.2, 0.25) is 0 Å². The second-order valence-corrected chi connectivity index (χ2v) is 5.53. The van der Waals surface area contributed by atoms with Crippen molar-refractivity contribution in [3.63, 3.8) is 0 Å². The molecule has 0 bridgehead atoms. The Hall–Kier alpha value is -1.02. The molecule has 0 radical (unpaired) electrons. The van der Waals surface area contributed by atoms with Crippen LogP contribution in [0.3, 0.4) is 0 Å². The minimum atomic E-state index is -0.139. The highest BCUT2D eigenvalue weighted by Gasteiger charge is 2.34. The van der Waals surface area contributed by atoms with Crippen molar-refractivity contribution >= 4 is 0 Å². The fourth-order valence-electron chi connectivity index (χ4n) is 2.92. The third kappa shape index (κ3) is 2.06. The Morgan fingerprint density at radius 2 is 1.76 bits per heavy atom. The van der Waals surface area contributed by atoms with Crippen LogP contribution in [0.15, 0.2) is 24.3 Å². The van der Waals surface area contributed by atoms with E-state index in [1.165, 1.54) is 37.7 Å². The summed E-state index contributed by atoms with van der Waals surface area (Å²) in [5.74, 6) is 1.03. The third-order valence-electron chi connectivity index (χ3n) is 4.27. The van der Waals surface area contributed by atoms with Gasteiger partial charge in [-0.2, -0.15) is 0 Å². The number of nitrogens with two attached hydrogens (primary N) is 1. The lowest BCUT2D eigenvalue weighted by Crippen LogP contribution is -2.34. The highest BCUT2D eigenvalue weighted by molar-refractivity contribution is 5.39. The smallest absolute Gasteiger partial charge is 0.124 e. The van der Waals surface area contributed by atoms with Crippen molar-refractivity contribution < 1.29 is 4.74 Å². The lowest BCUT2D eigenvalue weighted by atomic mass is 9.88. The van der Waals surface area contributed by atoms with Crippen molar-refractivity contribution in [2.45, 2.75) is 56.6 Å². The fourth-order valence-corrected chi connectivity index (χ4v) is 2.92. The number of hydrogen-bond donors (Lipinski definition) is 1. The van der Waals surface area contributed by atoms with Crippen molar-refractivity contribution in [3.8, 4) is 5.75 Å². The molecule has 2 fully saturated rings. The molecule has 92 valence electrons. The van der Waals surface area contributed by atoms with E-state index in [4.69, 9.17) is 10.5 Å². The molecule has 0 amide bonds.